The molecule has 0 spiro atoms. The summed E-state index contributed by atoms with van der Waals surface area (Å²) in [5.41, 5.74) is 7.24. The fourth-order valence-corrected chi connectivity index (χ4v) is 2.46. The van der Waals surface area contributed by atoms with E-state index in [0.29, 0.717) is 5.92 Å². The van der Waals surface area contributed by atoms with Gasteiger partial charge in [-0.3, -0.25) is 0 Å². The van der Waals surface area contributed by atoms with Gasteiger partial charge in [-0.15, -0.1) is 0 Å². The van der Waals surface area contributed by atoms with E-state index in [1.807, 2.05) is 0 Å². The number of fused-ring (bicyclic) bond motifs is 1. The van der Waals surface area contributed by atoms with E-state index in [4.69, 9.17) is 0 Å². The maximum atomic E-state index is 2.27. The van der Waals surface area contributed by atoms with Gasteiger partial charge in [-0.25, -0.2) is 0 Å². The SMILES string of the molecule is Cc1c2cccccc-2c(C(C)C)c1C. The smallest absolute Gasteiger partial charge is 0.0144 e. The van der Waals surface area contributed by atoms with Gasteiger partial charge in [0.15, 0.2) is 0 Å². The third kappa shape index (κ3) is 1.54. The zero-order valence-electron chi connectivity index (χ0n) is 9.96. The van der Waals surface area contributed by atoms with E-state index in [1.165, 1.54) is 27.8 Å². The second-order valence-electron chi connectivity index (χ2n) is 4.56. The van der Waals surface area contributed by atoms with Gasteiger partial charge < -0.3 is 0 Å². The van der Waals surface area contributed by atoms with Gasteiger partial charge in [-0.1, -0.05) is 44.2 Å². The Labute approximate surface area is 92.3 Å². The van der Waals surface area contributed by atoms with Crippen LogP contribution in [0.25, 0.3) is 11.1 Å². The Kier molecular flexibility index (Phi) is 2.52. The quantitative estimate of drug-likeness (QED) is 0.631. The van der Waals surface area contributed by atoms with E-state index in [2.05, 4.69) is 58.0 Å². The fourth-order valence-electron chi connectivity index (χ4n) is 2.46. The highest BCUT2D eigenvalue weighted by Crippen LogP contribution is 2.39. The second kappa shape index (κ2) is 3.69. The van der Waals surface area contributed by atoms with Crippen LogP contribution in [0.5, 0.6) is 0 Å². The highest BCUT2D eigenvalue weighted by atomic mass is 14.2. The van der Waals surface area contributed by atoms with Crippen molar-refractivity contribution in [3.63, 3.8) is 0 Å². The van der Waals surface area contributed by atoms with E-state index >= 15 is 0 Å². The molecule has 0 saturated heterocycles. The van der Waals surface area contributed by atoms with Crippen LogP contribution in [-0.2, 0) is 0 Å². The summed E-state index contributed by atoms with van der Waals surface area (Å²) in [5.74, 6) is 0.601. The minimum Gasteiger partial charge on any atom is -0.0622 e. The number of hydrogen-bond donors (Lipinski definition) is 0. The van der Waals surface area contributed by atoms with E-state index in [0.717, 1.165) is 0 Å². The summed E-state index contributed by atoms with van der Waals surface area (Å²) in [6, 6.07) is 10.8. The van der Waals surface area contributed by atoms with Gasteiger partial charge in [0.2, 0.25) is 0 Å². The molecule has 0 unspecified atom stereocenters. The highest BCUT2D eigenvalue weighted by Gasteiger charge is 2.18. The third-order valence-electron chi connectivity index (χ3n) is 3.28. The molecule has 0 nitrogen and oxygen atoms in total. The van der Waals surface area contributed by atoms with Crippen LogP contribution in [0.2, 0.25) is 0 Å². The van der Waals surface area contributed by atoms with E-state index in [-0.39, 0.29) is 0 Å². The van der Waals surface area contributed by atoms with Gasteiger partial charge in [0.25, 0.3) is 0 Å². The van der Waals surface area contributed by atoms with Crippen LogP contribution in [0.3, 0.4) is 0 Å². The van der Waals surface area contributed by atoms with Crippen molar-refractivity contribution in [1.82, 2.24) is 0 Å². The maximum absolute atomic E-state index is 2.27. The standard InChI is InChI=1S/C15H18/c1-10(2)15-12(4)11(3)13-8-6-5-7-9-14(13)15/h5-10H,1-4H3. The zero-order chi connectivity index (χ0) is 11.0. The molecule has 0 N–H and O–H groups in total. The third-order valence-corrected chi connectivity index (χ3v) is 3.28. The van der Waals surface area contributed by atoms with Gasteiger partial charge >= 0.3 is 0 Å². The molecule has 0 fully saturated rings. The van der Waals surface area contributed by atoms with Gasteiger partial charge in [0.05, 0.1) is 0 Å². The van der Waals surface area contributed by atoms with Crippen molar-refractivity contribution < 1.29 is 0 Å². The van der Waals surface area contributed by atoms with Crippen LogP contribution in [-0.4, -0.2) is 0 Å². The highest BCUT2D eigenvalue weighted by molar-refractivity contribution is 5.77. The molecule has 0 heterocycles. The molecule has 2 aliphatic rings. The van der Waals surface area contributed by atoms with Crippen molar-refractivity contribution in [3.8, 4) is 11.1 Å². The maximum Gasteiger partial charge on any atom is -0.0144 e. The largest absolute Gasteiger partial charge is 0.0622 e. The zero-order valence-corrected chi connectivity index (χ0v) is 9.96. The number of hydrogen-bond acceptors (Lipinski definition) is 0. The summed E-state index contributed by atoms with van der Waals surface area (Å²) in [7, 11) is 0. The Morgan fingerprint density at radius 2 is 1.40 bits per heavy atom. The van der Waals surface area contributed by atoms with Crippen molar-refractivity contribution in [2.24, 2.45) is 0 Å². The van der Waals surface area contributed by atoms with Crippen LogP contribution in [0.1, 0.15) is 36.5 Å². The average Bonchev–Trinajstić information content (AvgIpc) is 2.40. The second-order valence-corrected chi connectivity index (χ2v) is 4.56. The molecule has 0 bridgehead atoms. The van der Waals surface area contributed by atoms with E-state index < -0.39 is 0 Å². The first-order valence-corrected chi connectivity index (χ1v) is 5.60. The Balaban J connectivity index is 2.80. The van der Waals surface area contributed by atoms with Gasteiger partial charge in [0.1, 0.15) is 0 Å². The molecule has 0 radical (unpaired) electrons. The van der Waals surface area contributed by atoms with Crippen molar-refractivity contribution in [2.75, 3.05) is 0 Å². The van der Waals surface area contributed by atoms with Crippen molar-refractivity contribution in [2.45, 2.75) is 33.6 Å². The molecule has 0 aromatic heterocycles. The molecule has 0 aromatic rings. The lowest BCUT2D eigenvalue weighted by Gasteiger charge is -2.07. The fraction of sp³-hybridized carbons (Fsp3) is 0.333. The van der Waals surface area contributed by atoms with Crippen molar-refractivity contribution >= 4 is 0 Å². The Hall–Kier alpha value is -1.30. The van der Waals surface area contributed by atoms with Crippen molar-refractivity contribution in [1.29, 1.82) is 0 Å². The van der Waals surface area contributed by atoms with Gasteiger partial charge in [-0.05, 0) is 47.6 Å². The van der Waals surface area contributed by atoms with Crippen LogP contribution in [0, 0.1) is 13.8 Å². The Morgan fingerprint density at radius 3 is 2.00 bits per heavy atom. The average molecular weight is 198 g/mol. The Morgan fingerprint density at radius 1 is 0.800 bits per heavy atom. The monoisotopic (exact) mass is 198 g/mol. The first-order valence-electron chi connectivity index (χ1n) is 5.60. The van der Waals surface area contributed by atoms with E-state index in [1.54, 1.807) is 0 Å². The molecular weight excluding hydrogens is 180 g/mol. The minimum atomic E-state index is 0.601. The molecule has 0 saturated carbocycles. The van der Waals surface area contributed by atoms with Crippen LogP contribution in [0.15, 0.2) is 30.3 Å². The molecule has 0 aromatic carbocycles. The summed E-state index contributed by atoms with van der Waals surface area (Å²) in [4.78, 5) is 0. The first kappa shape index (κ1) is 10.2. The summed E-state index contributed by atoms with van der Waals surface area (Å²) in [6.07, 6.45) is 0. The Bertz CT molecular complexity index is 452. The molecule has 2 rings (SSSR count). The van der Waals surface area contributed by atoms with Crippen molar-refractivity contribution in [3.05, 3.63) is 47.0 Å². The predicted molar refractivity (Wildman–Crippen MR) is 66.6 cm³/mol. The molecule has 0 amide bonds. The van der Waals surface area contributed by atoms with Crippen LogP contribution < -0.4 is 0 Å². The molecule has 0 aliphatic heterocycles. The summed E-state index contributed by atoms with van der Waals surface area (Å²) < 4.78 is 0. The summed E-state index contributed by atoms with van der Waals surface area (Å²) >= 11 is 0. The van der Waals surface area contributed by atoms with Gasteiger partial charge in [0, 0.05) is 0 Å². The van der Waals surface area contributed by atoms with E-state index in [9.17, 15) is 0 Å². The lowest BCUT2D eigenvalue weighted by molar-refractivity contribution is 0.864. The molecule has 15 heavy (non-hydrogen) atoms. The lowest BCUT2D eigenvalue weighted by atomic mass is 9.98. The summed E-state index contributed by atoms with van der Waals surface area (Å²) in [6.45, 7) is 9.01. The van der Waals surface area contributed by atoms with Gasteiger partial charge in [-0.2, -0.15) is 0 Å². The molecular formula is C15H18. The topological polar surface area (TPSA) is 0 Å². The lowest BCUT2D eigenvalue weighted by Crippen LogP contribution is -1.88. The molecule has 0 heteroatoms. The van der Waals surface area contributed by atoms with Crippen LogP contribution in [0.4, 0.5) is 0 Å². The molecule has 0 atom stereocenters. The molecule has 78 valence electrons. The van der Waals surface area contributed by atoms with Crippen LogP contribution >= 0.6 is 0 Å². The minimum absolute atomic E-state index is 0.601. The first-order chi connectivity index (χ1) is 7.13. The molecule has 2 aliphatic carbocycles. The predicted octanol–water partition coefficient (Wildman–Crippen LogP) is 4.53. The normalized spacial score (nSPS) is 11.3. The number of rotatable bonds is 1. The summed E-state index contributed by atoms with van der Waals surface area (Å²) in [5, 5.41) is 0.